The van der Waals surface area contributed by atoms with Gasteiger partial charge in [-0.1, -0.05) is 66.7 Å². The molecule has 0 aliphatic heterocycles. The molecular weight excluding hydrogens is 432 g/mol. The monoisotopic (exact) mass is 454 g/mol. The predicted octanol–water partition coefficient (Wildman–Crippen LogP) is 2.49. The number of nitrogen functional groups attached to an aromatic ring is 1. The van der Waals surface area contributed by atoms with Crippen LogP contribution in [-0.4, -0.2) is 26.8 Å². The first-order valence-electron chi connectivity index (χ1n) is 10.4. The first-order chi connectivity index (χ1) is 16.6. The normalized spacial score (nSPS) is 10.4. The highest BCUT2D eigenvalue weighted by Crippen LogP contribution is 2.25. The van der Waals surface area contributed by atoms with Gasteiger partial charge in [-0.2, -0.15) is 0 Å². The molecule has 6 N–H and O–H groups in total. The number of carbonyl (C=O) groups is 2. The molecule has 2 amide bonds. The lowest BCUT2D eigenvalue weighted by Crippen LogP contribution is -2.35. The third-order valence-electron chi connectivity index (χ3n) is 4.91. The van der Waals surface area contributed by atoms with Crippen molar-refractivity contribution in [2.24, 2.45) is 0 Å². The van der Waals surface area contributed by atoms with Crippen LogP contribution in [0.1, 0.15) is 27.5 Å². The molecule has 2 aromatic carbocycles. The smallest absolute Gasteiger partial charge is 0.288 e. The fourth-order valence-corrected chi connectivity index (χ4v) is 3.25. The minimum Gasteiger partial charge on any atom is -0.393 e. The van der Waals surface area contributed by atoms with E-state index < -0.39 is 11.8 Å². The van der Waals surface area contributed by atoms with Crippen molar-refractivity contribution in [3.63, 3.8) is 0 Å². The molecule has 10 nitrogen and oxygen atoms in total. The van der Waals surface area contributed by atoms with Crippen molar-refractivity contribution in [1.29, 1.82) is 0 Å². The average molecular weight is 454 g/mol. The molecule has 0 saturated carbocycles. The number of hydrazine groups is 2. The van der Waals surface area contributed by atoms with Gasteiger partial charge in [0.1, 0.15) is 17.7 Å². The van der Waals surface area contributed by atoms with Crippen LogP contribution in [0.25, 0.3) is 0 Å². The molecule has 0 aliphatic carbocycles. The highest BCUT2D eigenvalue weighted by atomic mass is 16.2. The molecule has 4 rings (SSSR count). The van der Waals surface area contributed by atoms with Crippen LogP contribution in [0.15, 0.2) is 91.4 Å². The maximum Gasteiger partial charge on any atom is 0.288 e. The summed E-state index contributed by atoms with van der Waals surface area (Å²) in [6.45, 7) is 0. The van der Waals surface area contributed by atoms with Gasteiger partial charge in [0, 0.05) is 6.20 Å². The van der Waals surface area contributed by atoms with Gasteiger partial charge < -0.3 is 5.73 Å². The number of nitrogens with two attached hydrogens (primary N) is 1. The zero-order chi connectivity index (χ0) is 23.8. The van der Waals surface area contributed by atoms with Gasteiger partial charge in [0.25, 0.3) is 5.91 Å². The highest BCUT2D eigenvalue weighted by Gasteiger charge is 2.23. The van der Waals surface area contributed by atoms with E-state index in [1.165, 1.54) is 12.5 Å². The molecule has 4 aromatic rings. The summed E-state index contributed by atoms with van der Waals surface area (Å²) >= 11 is 0. The fourth-order valence-electron chi connectivity index (χ4n) is 3.25. The second-order valence-electron chi connectivity index (χ2n) is 7.15. The molecule has 0 atom stereocenters. The second kappa shape index (κ2) is 10.6. The number of hydrogen-bond acceptors (Lipinski definition) is 8. The van der Waals surface area contributed by atoms with E-state index in [0.717, 1.165) is 11.1 Å². The van der Waals surface area contributed by atoms with Crippen molar-refractivity contribution >= 4 is 29.1 Å². The van der Waals surface area contributed by atoms with Crippen LogP contribution in [0.2, 0.25) is 0 Å². The van der Waals surface area contributed by atoms with Gasteiger partial charge in [0.05, 0.1) is 5.92 Å². The third-order valence-corrected chi connectivity index (χ3v) is 4.91. The number of pyridine rings is 1. The molecular formula is C24H22N8O2. The van der Waals surface area contributed by atoms with Gasteiger partial charge in [0.2, 0.25) is 5.91 Å². The largest absolute Gasteiger partial charge is 0.393 e. The van der Waals surface area contributed by atoms with Crippen molar-refractivity contribution in [3.8, 4) is 0 Å². The van der Waals surface area contributed by atoms with E-state index >= 15 is 0 Å². The van der Waals surface area contributed by atoms with E-state index in [-0.39, 0.29) is 28.9 Å². The highest BCUT2D eigenvalue weighted by molar-refractivity contribution is 5.93. The van der Waals surface area contributed by atoms with Gasteiger partial charge in [-0.3, -0.25) is 36.3 Å². The van der Waals surface area contributed by atoms with Crippen LogP contribution in [0.3, 0.4) is 0 Å². The van der Waals surface area contributed by atoms with Crippen molar-refractivity contribution in [2.45, 2.75) is 5.92 Å². The number of nitrogens with zero attached hydrogens (tertiary/aromatic N) is 3. The van der Waals surface area contributed by atoms with Gasteiger partial charge in [0.15, 0.2) is 11.6 Å². The zero-order valence-electron chi connectivity index (χ0n) is 18.0. The molecule has 0 saturated heterocycles. The minimum absolute atomic E-state index is 0.0973. The Kier molecular flexibility index (Phi) is 6.89. The summed E-state index contributed by atoms with van der Waals surface area (Å²) in [5, 5.41) is 0. The molecule has 2 aromatic heterocycles. The molecule has 2 heterocycles. The number of aromatic nitrogens is 3. The number of rotatable bonds is 8. The number of amides is 2. The van der Waals surface area contributed by atoms with Gasteiger partial charge in [-0.25, -0.2) is 9.97 Å². The molecule has 0 fully saturated rings. The van der Waals surface area contributed by atoms with E-state index in [1.54, 1.807) is 18.2 Å². The number of anilines is 3. The Morgan fingerprint density at radius 2 is 1.26 bits per heavy atom. The van der Waals surface area contributed by atoms with E-state index in [2.05, 4.69) is 36.7 Å². The van der Waals surface area contributed by atoms with Crippen LogP contribution in [0, 0.1) is 0 Å². The number of carbonyl (C=O) groups excluding carboxylic acids is 2. The maximum atomic E-state index is 13.1. The van der Waals surface area contributed by atoms with E-state index in [4.69, 9.17) is 5.73 Å². The first-order valence-corrected chi connectivity index (χ1v) is 10.4. The minimum atomic E-state index is -0.548. The maximum absolute atomic E-state index is 13.1. The third kappa shape index (κ3) is 5.25. The second-order valence-corrected chi connectivity index (χ2v) is 7.15. The van der Waals surface area contributed by atoms with Gasteiger partial charge in [-0.15, -0.1) is 0 Å². The summed E-state index contributed by atoms with van der Waals surface area (Å²) in [4.78, 5) is 37.4. The number of hydrogen-bond donors (Lipinski definition) is 5. The van der Waals surface area contributed by atoms with E-state index in [0.29, 0.717) is 0 Å². The van der Waals surface area contributed by atoms with Crippen molar-refractivity contribution in [3.05, 3.63) is 108 Å². The Balaban J connectivity index is 1.45. The van der Waals surface area contributed by atoms with Gasteiger partial charge in [-0.05, 0) is 23.3 Å². The van der Waals surface area contributed by atoms with Crippen molar-refractivity contribution in [2.75, 3.05) is 16.6 Å². The Morgan fingerprint density at radius 1 is 0.706 bits per heavy atom. The topological polar surface area (TPSA) is 147 Å². The molecule has 0 radical (unpaired) electrons. The quantitative estimate of drug-likeness (QED) is 0.255. The molecule has 170 valence electrons. The fraction of sp³-hybridized carbons (Fsp3) is 0.0417. The van der Waals surface area contributed by atoms with Crippen molar-refractivity contribution < 1.29 is 9.59 Å². The molecule has 0 bridgehead atoms. The summed E-state index contributed by atoms with van der Waals surface area (Å²) in [6.07, 6.45) is 2.75. The number of benzene rings is 2. The average Bonchev–Trinajstić information content (AvgIpc) is 2.89. The van der Waals surface area contributed by atoms with Crippen molar-refractivity contribution in [1.82, 2.24) is 25.8 Å². The summed E-state index contributed by atoms with van der Waals surface area (Å²) < 4.78 is 0. The molecule has 0 unspecified atom stereocenters. The Hall–Kier alpha value is -4.99. The van der Waals surface area contributed by atoms with Crippen LogP contribution in [0.4, 0.5) is 17.3 Å². The van der Waals surface area contributed by atoms with Crippen LogP contribution < -0.4 is 27.4 Å². The van der Waals surface area contributed by atoms with Crippen LogP contribution >= 0.6 is 0 Å². The first kappa shape index (κ1) is 22.2. The lowest BCUT2D eigenvalue weighted by Gasteiger charge is -2.19. The SMILES string of the molecule is Nc1c(NNC(=O)c2ccccn2)ncnc1NNC(=O)C(c1ccccc1)c1ccccc1. The van der Waals surface area contributed by atoms with Gasteiger partial charge >= 0.3 is 0 Å². The van der Waals surface area contributed by atoms with E-state index in [1.807, 2.05) is 60.7 Å². The molecule has 0 aliphatic rings. The van der Waals surface area contributed by atoms with Crippen LogP contribution in [-0.2, 0) is 4.79 Å². The summed E-state index contributed by atoms with van der Waals surface area (Å²) in [5.41, 5.74) is 18.7. The molecule has 10 heteroatoms. The molecule has 0 spiro atoms. The summed E-state index contributed by atoms with van der Waals surface area (Å²) in [7, 11) is 0. The number of nitrogens with one attached hydrogen (secondary N) is 4. The molecule has 34 heavy (non-hydrogen) atoms. The summed E-state index contributed by atoms with van der Waals surface area (Å²) in [5.74, 6) is -0.993. The lowest BCUT2D eigenvalue weighted by molar-refractivity contribution is -0.121. The lowest BCUT2D eigenvalue weighted by atomic mass is 9.91. The predicted molar refractivity (Wildman–Crippen MR) is 128 cm³/mol. The Bertz CT molecular complexity index is 1210. The summed E-state index contributed by atoms with van der Waals surface area (Å²) in [6, 6.07) is 23.8. The Morgan fingerprint density at radius 3 is 1.82 bits per heavy atom. The van der Waals surface area contributed by atoms with E-state index in [9.17, 15) is 9.59 Å². The Labute approximate surface area is 195 Å². The standard InChI is InChI=1S/C24H22N8O2/c25-20-21(29-31-23(33)18-13-7-8-14-26-18)27-15-28-22(20)30-32-24(34)19(16-9-3-1-4-10-16)17-11-5-2-6-12-17/h1-15,19H,25H2,(H,31,33)(H,32,34)(H2,27,28,29,30). The zero-order valence-corrected chi connectivity index (χ0v) is 18.0. The van der Waals surface area contributed by atoms with Crippen LogP contribution in [0.5, 0.6) is 0 Å².